The van der Waals surface area contributed by atoms with Gasteiger partial charge in [-0.1, -0.05) is 11.6 Å². The molecule has 0 aliphatic rings. The van der Waals surface area contributed by atoms with E-state index in [2.05, 4.69) is 4.98 Å². The van der Waals surface area contributed by atoms with E-state index in [1.54, 1.807) is 0 Å². The summed E-state index contributed by atoms with van der Waals surface area (Å²) < 4.78 is 13.7. The summed E-state index contributed by atoms with van der Waals surface area (Å²) in [5.74, 6) is -1.82. The van der Waals surface area contributed by atoms with E-state index in [0.29, 0.717) is 5.69 Å². The molecule has 4 nitrogen and oxygen atoms in total. The number of rotatable bonds is 2. The van der Waals surface area contributed by atoms with Gasteiger partial charge in [-0.05, 0) is 12.1 Å². The van der Waals surface area contributed by atoms with E-state index in [-0.39, 0.29) is 21.3 Å². The lowest BCUT2D eigenvalue weighted by Crippen LogP contribution is -1.96. The molecule has 0 saturated carbocycles. The number of aromatic nitrogens is 1. The van der Waals surface area contributed by atoms with Crippen molar-refractivity contribution in [2.24, 2.45) is 0 Å². The Bertz CT molecular complexity index is 600. The van der Waals surface area contributed by atoms with Crippen molar-refractivity contribution in [1.82, 2.24) is 4.98 Å². The van der Waals surface area contributed by atoms with Crippen molar-refractivity contribution in [1.29, 1.82) is 0 Å². The predicted octanol–water partition coefficient (Wildman–Crippen LogP) is 2.88. The Morgan fingerprint density at radius 3 is 2.82 bits per heavy atom. The van der Waals surface area contributed by atoms with Crippen LogP contribution in [0, 0.1) is 5.82 Å². The Kier molecular flexibility index (Phi) is 2.99. The number of nitrogens with two attached hydrogens (primary N) is 1. The summed E-state index contributed by atoms with van der Waals surface area (Å²) >= 11 is 6.66. The maximum absolute atomic E-state index is 13.7. The summed E-state index contributed by atoms with van der Waals surface area (Å²) in [6.45, 7) is 0. The minimum absolute atomic E-state index is 0.104. The zero-order valence-corrected chi connectivity index (χ0v) is 9.85. The molecule has 0 atom stereocenters. The van der Waals surface area contributed by atoms with Gasteiger partial charge in [0.25, 0.3) is 0 Å². The van der Waals surface area contributed by atoms with Crippen LogP contribution < -0.4 is 5.73 Å². The highest BCUT2D eigenvalue weighted by Crippen LogP contribution is 2.32. The molecule has 1 heterocycles. The third kappa shape index (κ3) is 2.22. The zero-order valence-electron chi connectivity index (χ0n) is 8.28. The number of carboxylic acid groups (broad SMARTS) is 1. The third-order valence-corrected chi connectivity index (χ3v) is 3.15. The average molecular weight is 273 g/mol. The normalized spacial score (nSPS) is 10.5. The van der Waals surface area contributed by atoms with Crippen molar-refractivity contribution in [3.63, 3.8) is 0 Å². The largest absolute Gasteiger partial charge is 0.476 e. The van der Waals surface area contributed by atoms with Gasteiger partial charge in [0.15, 0.2) is 11.5 Å². The zero-order chi connectivity index (χ0) is 12.6. The van der Waals surface area contributed by atoms with Crippen molar-refractivity contribution in [2.75, 3.05) is 5.73 Å². The maximum Gasteiger partial charge on any atom is 0.355 e. The topological polar surface area (TPSA) is 76.2 Å². The highest BCUT2D eigenvalue weighted by molar-refractivity contribution is 7.13. The Morgan fingerprint density at radius 2 is 2.24 bits per heavy atom. The van der Waals surface area contributed by atoms with Gasteiger partial charge in [0.1, 0.15) is 5.01 Å². The molecule has 3 N–H and O–H groups in total. The van der Waals surface area contributed by atoms with Crippen LogP contribution in [0.4, 0.5) is 10.1 Å². The molecule has 2 rings (SSSR count). The number of benzene rings is 1. The molecule has 0 fully saturated rings. The number of nitrogen functional groups attached to an aromatic ring is 1. The van der Waals surface area contributed by atoms with E-state index in [0.717, 1.165) is 11.3 Å². The maximum atomic E-state index is 13.7. The number of carboxylic acids is 1. The fourth-order valence-corrected chi connectivity index (χ4v) is 2.29. The van der Waals surface area contributed by atoms with Crippen molar-refractivity contribution < 1.29 is 14.3 Å². The van der Waals surface area contributed by atoms with Crippen LogP contribution in [0.5, 0.6) is 0 Å². The lowest BCUT2D eigenvalue weighted by molar-refractivity contribution is 0.0691. The van der Waals surface area contributed by atoms with Gasteiger partial charge in [-0.15, -0.1) is 11.3 Å². The summed E-state index contributed by atoms with van der Waals surface area (Å²) in [5, 5.41) is 10.2. The number of hydrogen-bond acceptors (Lipinski definition) is 4. The molecule has 7 heteroatoms. The number of carbonyl (C=O) groups is 1. The minimum atomic E-state index is -1.16. The molecular weight excluding hydrogens is 267 g/mol. The van der Waals surface area contributed by atoms with E-state index in [9.17, 15) is 9.18 Å². The fourth-order valence-electron chi connectivity index (χ4n) is 1.26. The molecule has 0 radical (unpaired) electrons. The van der Waals surface area contributed by atoms with Gasteiger partial charge < -0.3 is 10.8 Å². The van der Waals surface area contributed by atoms with Gasteiger partial charge in [0.05, 0.1) is 5.02 Å². The van der Waals surface area contributed by atoms with Gasteiger partial charge in [-0.2, -0.15) is 0 Å². The number of nitrogens with zero attached hydrogens (tertiary/aromatic N) is 1. The summed E-state index contributed by atoms with van der Waals surface area (Å²) in [5.41, 5.74) is 5.80. The monoisotopic (exact) mass is 272 g/mol. The molecule has 1 aromatic carbocycles. The van der Waals surface area contributed by atoms with Crippen LogP contribution in [0.25, 0.3) is 10.6 Å². The van der Waals surface area contributed by atoms with Crippen LogP contribution in [0.2, 0.25) is 5.02 Å². The Balaban J connectivity index is 2.56. The van der Waals surface area contributed by atoms with Crippen LogP contribution in [-0.2, 0) is 0 Å². The number of hydrogen-bond donors (Lipinski definition) is 2. The molecule has 0 unspecified atom stereocenters. The number of aromatic carboxylic acids is 1. The smallest absolute Gasteiger partial charge is 0.355 e. The van der Waals surface area contributed by atoms with E-state index in [4.69, 9.17) is 22.4 Å². The van der Waals surface area contributed by atoms with Gasteiger partial charge in [-0.25, -0.2) is 14.2 Å². The van der Waals surface area contributed by atoms with Crippen LogP contribution >= 0.6 is 22.9 Å². The molecule has 17 heavy (non-hydrogen) atoms. The summed E-state index contributed by atoms with van der Waals surface area (Å²) in [4.78, 5) is 14.5. The standard InChI is InChI=1S/C10H6ClFN2O2S/c11-6-2-4(13)1-5(8(6)12)9-14-7(3-17-9)10(15)16/h1-3H,13H2,(H,15,16). The molecule has 0 aliphatic carbocycles. The fraction of sp³-hybridized carbons (Fsp3) is 0. The molecule has 0 spiro atoms. The predicted molar refractivity (Wildman–Crippen MR) is 63.9 cm³/mol. The van der Waals surface area contributed by atoms with Crippen molar-refractivity contribution in [3.05, 3.63) is 34.0 Å². The molecule has 2 aromatic rings. The SMILES string of the molecule is Nc1cc(Cl)c(F)c(-c2nc(C(=O)O)cs2)c1. The Hall–Kier alpha value is -1.66. The van der Waals surface area contributed by atoms with Gasteiger partial charge in [0, 0.05) is 16.6 Å². The first-order valence-corrected chi connectivity index (χ1v) is 5.68. The number of halogens is 2. The van der Waals surface area contributed by atoms with E-state index >= 15 is 0 Å². The molecular formula is C10H6ClFN2O2S. The van der Waals surface area contributed by atoms with Crippen molar-refractivity contribution in [2.45, 2.75) is 0 Å². The average Bonchev–Trinajstić information content (AvgIpc) is 2.72. The van der Waals surface area contributed by atoms with Crippen LogP contribution in [0.15, 0.2) is 17.5 Å². The first kappa shape index (κ1) is 11.8. The van der Waals surface area contributed by atoms with E-state index in [1.165, 1.54) is 17.5 Å². The van der Waals surface area contributed by atoms with Crippen molar-refractivity contribution in [3.8, 4) is 10.6 Å². The van der Waals surface area contributed by atoms with E-state index < -0.39 is 11.8 Å². The second-order valence-corrected chi connectivity index (χ2v) is 4.47. The van der Waals surface area contributed by atoms with Crippen LogP contribution in [0.3, 0.4) is 0 Å². The van der Waals surface area contributed by atoms with Gasteiger partial charge in [-0.3, -0.25) is 0 Å². The number of anilines is 1. The van der Waals surface area contributed by atoms with Crippen LogP contribution in [-0.4, -0.2) is 16.1 Å². The summed E-state index contributed by atoms with van der Waals surface area (Å²) in [7, 11) is 0. The molecule has 1 aromatic heterocycles. The quantitative estimate of drug-likeness (QED) is 0.824. The Morgan fingerprint density at radius 1 is 1.53 bits per heavy atom. The van der Waals surface area contributed by atoms with Crippen LogP contribution in [0.1, 0.15) is 10.5 Å². The molecule has 0 bridgehead atoms. The highest BCUT2D eigenvalue weighted by Gasteiger charge is 2.15. The van der Waals surface area contributed by atoms with Gasteiger partial charge >= 0.3 is 5.97 Å². The molecule has 0 amide bonds. The number of thiazole rings is 1. The summed E-state index contributed by atoms with van der Waals surface area (Å²) in [6.07, 6.45) is 0. The lowest BCUT2D eigenvalue weighted by atomic mass is 10.2. The Labute approximate surface area is 104 Å². The second kappa shape index (κ2) is 4.31. The molecule has 88 valence electrons. The van der Waals surface area contributed by atoms with Crippen molar-refractivity contribution >= 4 is 34.6 Å². The first-order valence-electron chi connectivity index (χ1n) is 4.42. The lowest BCUT2D eigenvalue weighted by Gasteiger charge is -2.03. The highest BCUT2D eigenvalue weighted by atomic mass is 35.5. The minimum Gasteiger partial charge on any atom is -0.476 e. The second-order valence-electron chi connectivity index (χ2n) is 3.21. The molecule has 0 saturated heterocycles. The van der Waals surface area contributed by atoms with E-state index in [1.807, 2.05) is 0 Å². The molecule has 0 aliphatic heterocycles. The summed E-state index contributed by atoms with van der Waals surface area (Å²) in [6, 6.07) is 2.65. The van der Waals surface area contributed by atoms with Gasteiger partial charge in [0.2, 0.25) is 0 Å². The third-order valence-electron chi connectivity index (χ3n) is 2.00. The first-order chi connectivity index (χ1) is 7.99.